The lowest BCUT2D eigenvalue weighted by molar-refractivity contribution is 0.521. The smallest absolute Gasteiger partial charge is 0.333 e. The third kappa shape index (κ3) is 4.55. The van der Waals surface area contributed by atoms with Gasteiger partial charge in [-0.2, -0.15) is 0 Å². The largest absolute Gasteiger partial charge is 0.376 e. The molecule has 0 atom stereocenters. The van der Waals surface area contributed by atoms with Crippen molar-refractivity contribution in [2.45, 2.75) is 38.5 Å². The lowest BCUT2D eigenvalue weighted by Crippen LogP contribution is -2.61. The maximum atomic E-state index is 2.68. The quantitative estimate of drug-likeness (QED) is 0.166. The first-order valence-electron chi connectivity index (χ1n) is 20.5. The number of nitrogens with zero attached hydrogens (tertiary/aromatic N) is 2. The first kappa shape index (κ1) is 33.8. The van der Waals surface area contributed by atoms with Crippen molar-refractivity contribution in [1.82, 2.24) is 0 Å². The molecule has 58 heavy (non-hydrogen) atoms. The Labute approximate surface area is 344 Å². The molecule has 1 aromatic heterocycles. The molecule has 2 aliphatic heterocycles. The van der Waals surface area contributed by atoms with Crippen LogP contribution < -0.4 is 20.6 Å². The number of hydrogen-bond donors (Lipinski definition) is 0. The zero-order chi connectivity index (χ0) is 38.9. The van der Waals surface area contributed by atoms with Crippen LogP contribution >= 0.6 is 11.3 Å². The van der Waals surface area contributed by atoms with E-state index in [1.807, 2.05) is 11.3 Å². The van der Waals surface area contributed by atoms with Crippen molar-refractivity contribution < 1.29 is 0 Å². The second-order valence-corrected chi connectivity index (χ2v) is 18.3. The molecule has 0 spiro atoms. The van der Waals surface area contributed by atoms with Crippen LogP contribution in [0.3, 0.4) is 0 Å². The lowest BCUT2D eigenvalue weighted by atomic mass is 9.43. The summed E-state index contributed by atoms with van der Waals surface area (Å²) in [5.74, 6) is 0. The standard InChI is InChI=1S/C54H41BN2S/c1-53(2)41-22-12-13-23-42(41)54(3,4)44-33-47-40(31-43(44)53)50-51-48(32-39-38-21-11-16-26-49(38)58-52(39)50)56(36-19-9-6-10-20-36)46-25-15-14-24-45(46)55(51)57(47)37-29-27-35(28-30-37)34-17-7-5-8-18-34/h5-33H,1-4H3. The molecule has 3 aliphatic rings. The van der Waals surface area contributed by atoms with Crippen molar-refractivity contribution in [3.05, 3.63) is 198 Å². The first-order chi connectivity index (χ1) is 28.3. The summed E-state index contributed by atoms with van der Waals surface area (Å²) >= 11 is 1.95. The summed E-state index contributed by atoms with van der Waals surface area (Å²) in [6.45, 7) is 9.66. The van der Waals surface area contributed by atoms with Crippen molar-refractivity contribution in [3.63, 3.8) is 0 Å². The fraction of sp³-hybridized carbons (Fsp3) is 0.111. The Morgan fingerprint density at radius 2 is 1.07 bits per heavy atom. The molecule has 0 saturated heterocycles. The van der Waals surface area contributed by atoms with Gasteiger partial charge in [0.2, 0.25) is 0 Å². The maximum absolute atomic E-state index is 2.68. The summed E-state index contributed by atoms with van der Waals surface area (Å²) < 4.78 is 2.69. The van der Waals surface area contributed by atoms with Gasteiger partial charge in [-0.15, -0.1) is 11.3 Å². The molecular formula is C54H41BN2S. The Morgan fingerprint density at radius 1 is 0.466 bits per heavy atom. The number of thiophene rings is 1. The molecule has 0 unspecified atom stereocenters. The molecule has 12 rings (SSSR count). The van der Waals surface area contributed by atoms with Gasteiger partial charge in [-0.05, 0) is 98.9 Å². The van der Waals surface area contributed by atoms with E-state index in [1.165, 1.54) is 104 Å². The van der Waals surface area contributed by atoms with Crippen molar-refractivity contribution in [2.75, 3.05) is 9.71 Å². The van der Waals surface area contributed by atoms with Crippen molar-refractivity contribution in [1.29, 1.82) is 0 Å². The van der Waals surface area contributed by atoms with Gasteiger partial charge in [0, 0.05) is 70.6 Å². The van der Waals surface area contributed by atoms with E-state index in [4.69, 9.17) is 0 Å². The molecule has 0 amide bonds. The van der Waals surface area contributed by atoms with Crippen LogP contribution in [0.2, 0.25) is 0 Å². The Kier molecular flexibility index (Phi) is 7.03. The van der Waals surface area contributed by atoms with E-state index in [1.54, 1.807) is 0 Å². The Balaban J connectivity index is 1.24. The summed E-state index contributed by atoms with van der Waals surface area (Å²) in [5, 5.41) is 2.64. The highest BCUT2D eigenvalue weighted by Gasteiger charge is 2.48. The molecular weight excluding hydrogens is 719 g/mol. The van der Waals surface area contributed by atoms with Crippen molar-refractivity contribution in [3.8, 4) is 22.3 Å². The second kappa shape index (κ2) is 12.1. The van der Waals surface area contributed by atoms with Crippen LogP contribution in [-0.2, 0) is 10.8 Å². The molecule has 0 fully saturated rings. The topological polar surface area (TPSA) is 6.48 Å². The summed E-state index contributed by atoms with van der Waals surface area (Å²) in [5.41, 5.74) is 19.2. The Hall–Kier alpha value is -6.36. The molecule has 9 aromatic rings. The minimum Gasteiger partial charge on any atom is -0.376 e. The molecule has 2 nitrogen and oxygen atoms in total. The van der Waals surface area contributed by atoms with Gasteiger partial charge in [0.25, 0.3) is 0 Å². The minimum absolute atomic E-state index is 0.0594. The van der Waals surface area contributed by atoms with Gasteiger partial charge in [-0.25, -0.2) is 0 Å². The average Bonchev–Trinajstić information content (AvgIpc) is 3.64. The number of fused-ring (bicyclic) bond motifs is 10. The van der Waals surface area contributed by atoms with Crippen molar-refractivity contribution >= 4 is 77.7 Å². The van der Waals surface area contributed by atoms with Crippen LogP contribution in [0.1, 0.15) is 49.9 Å². The van der Waals surface area contributed by atoms with Crippen LogP contribution in [0.25, 0.3) is 42.4 Å². The molecule has 3 heterocycles. The highest BCUT2D eigenvalue weighted by atomic mass is 32.1. The highest BCUT2D eigenvalue weighted by molar-refractivity contribution is 7.26. The first-order valence-corrected chi connectivity index (χ1v) is 21.3. The van der Waals surface area contributed by atoms with Gasteiger partial charge < -0.3 is 9.71 Å². The average molecular weight is 761 g/mol. The Morgan fingerprint density at radius 3 is 1.81 bits per heavy atom. The van der Waals surface area contributed by atoms with E-state index in [9.17, 15) is 0 Å². The number of anilines is 5. The number of para-hydroxylation sites is 2. The maximum Gasteiger partial charge on any atom is 0.333 e. The molecule has 0 bridgehead atoms. The number of benzene rings is 8. The monoisotopic (exact) mass is 760 g/mol. The molecule has 4 heteroatoms. The fourth-order valence-electron chi connectivity index (χ4n) is 10.7. The molecule has 0 saturated carbocycles. The second-order valence-electron chi connectivity index (χ2n) is 17.3. The van der Waals surface area contributed by atoms with Gasteiger partial charge in [0.05, 0.1) is 0 Å². The third-order valence-electron chi connectivity index (χ3n) is 13.5. The lowest BCUT2D eigenvalue weighted by Gasteiger charge is -2.48. The van der Waals surface area contributed by atoms with Crippen LogP contribution in [-0.4, -0.2) is 6.85 Å². The summed E-state index contributed by atoms with van der Waals surface area (Å²) in [6.07, 6.45) is 0. The third-order valence-corrected chi connectivity index (χ3v) is 14.7. The van der Waals surface area contributed by atoms with E-state index in [2.05, 4.69) is 213 Å². The summed E-state index contributed by atoms with van der Waals surface area (Å²) in [4.78, 5) is 5.21. The summed E-state index contributed by atoms with van der Waals surface area (Å²) in [7, 11) is 0. The SMILES string of the molecule is CC1(C)c2ccccc2C(C)(C)c2cc3c(cc21)-c1c2c(cc4c1sc1ccccc14)N(c1ccccc1)c1ccccc1B2N3c1ccc(-c2ccccc2)cc1. The normalized spacial score (nSPS) is 15.4. The Bertz CT molecular complexity index is 3130. The van der Waals surface area contributed by atoms with Gasteiger partial charge in [-0.3, -0.25) is 0 Å². The molecule has 1 aliphatic carbocycles. The molecule has 8 aromatic carbocycles. The zero-order valence-corrected chi connectivity index (χ0v) is 33.9. The molecule has 276 valence electrons. The van der Waals surface area contributed by atoms with E-state index < -0.39 is 0 Å². The number of rotatable bonds is 3. The number of hydrogen-bond acceptors (Lipinski definition) is 3. The van der Waals surface area contributed by atoms with Gasteiger partial charge in [0.1, 0.15) is 0 Å². The van der Waals surface area contributed by atoms with Gasteiger partial charge in [0.15, 0.2) is 0 Å². The fourth-order valence-corrected chi connectivity index (χ4v) is 11.9. The van der Waals surface area contributed by atoms with E-state index >= 15 is 0 Å². The van der Waals surface area contributed by atoms with Crippen molar-refractivity contribution in [2.24, 2.45) is 0 Å². The van der Waals surface area contributed by atoms with Crippen LogP contribution in [0.4, 0.5) is 28.4 Å². The van der Waals surface area contributed by atoms with Gasteiger partial charge >= 0.3 is 6.85 Å². The van der Waals surface area contributed by atoms with E-state index in [0.717, 1.165) is 0 Å². The van der Waals surface area contributed by atoms with Crippen LogP contribution in [0.5, 0.6) is 0 Å². The van der Waals surface area contributed by atoms with E-state index in [0.29, 0.717) is 0 Å². The predicted molar refractivity (Wildman–Crippen MR) is 249 cm³/mol. The minimum atomic E-state index is -0.192. The highest BCUT2D eigenvalue weighted by Crippen LogP contribution is 2.56. The molecule has 0 N–H and O–H groups in total. The summed E-state index contributed by atoms with van der Waals surface area (Å²) in [6, 6.07) is 66.0. The zero-order valence-electron chi connectivity index (χ0n) is 33.1. The molecule has 0 radical (unpaired) electrons. The van der Waals surface area contributed by atoms with Crippen LogP contribution in [0.15, 0.2) is 176 Å². The van der Waals surface area contributed by atoms with Crippen LogP contribution in [0, 0.1) is 0 Å². The van der Waals surface area contributed by atoms with Gasteiger partial charge in [-0.1, -0.05) is 149 Å². The van der Waals surface area contributed by atoms with E-state index in [-0.39, 0.29) is 17.7 Å². The predicted octanol–water partition coefficient (Wildman–Crippen LogP) is 13.4.